The number of pyridine rings is 1. The number of aryl methyl sites for hydroxylation is 2. The zero-order chi connectivity index (χ0) is 9.26. The SMILES string of the molecule is CC(O)c1cnc2c(c1)CCCC2. The normalized spacial score (nSPS) is 18.0. The van der Waals surface area contributed by atoms with Gasteiger partial charge in [0.15, 0.2) is 0 Å². The molecule has 0 radical (unpaired) electrons. The number of aliphatic hydroxyl groups excluding tert-OH is 1. The van der Waals surface area contributed by atoms with E-state index in [4.69, 9.17) is 0 Å². The molecular formula is C11H15NO. The van der Waals surface area contributed by atoms with Crippen molar-refractivity contribution in [2.45, 2.75) is 38.7 Å². The molecule has 1 aliphatic carbocycles. The highest BCUT2D eigenvalue weighted by Gasteiger charge is 2.12. The second-order valence-corrected chi connectivity index (χ2v) is 3.76. The first-order valence-electron chi connectivity index (χ1n) is 4.93. The number of aromatic nitrogens is 1. The van der Waals surface area contributed by atoms with Gasteiger partial charge in [0.25, 0.3) is 0 Å². The van der Waals surface area contributed by atoms with Crippen molar-refractivity contribution in [1.29, 1.82) is 0 Å². The molecule has 13 heavy (non-hydrogen) atoms. The molecule has 1 aromatic rings. The molecule has 1 unspecified atom stereocenters. The molecule has 1 atom stereocenters. The van der Waals surface area contributed by atoms with Crippen LogP contribution >= 0.6 is 0 Å². The fourth-order valence-electron chi connectivity index (χ4n) is 1.84. The van der Waals surface area contributed by atoms with Gasteiger partial charge in [0.05, 0.1) is 6.10 Å². The Bertz CT molecular complexity index is 307. The Hall–Kier alpha value is -0.890. The van der Waals surface area contributed by atoms with E-state index >= 15 is 0 Å². The number of aliphatic hydroxyl groups is 1. The van der Waals surface area contributed by atoms with Gasteiger partial charge in [-0.3, -0.25) is 4.98 Å². The summed E-state index contributed by atoms with van der Waals surface area (Å²) in [5.41, 5.74) is 3.51. The van der Waals surface area contributed by atoms with Gasteiger partial charge in [-0.15, -0.1) is 0 Å². The van der Waals surface area contributed by atoms with Gasteiger partial charge in [0, 0.05) is 11.9 Å². The molecule has 2 nitrogen and oxygen atoms in total. The summed E-state index contributed by atoms with van der Waals surface area (Å²) < 4.78 is 0. The van der Waals surface area contributed by atoms with Gasteiger partial charge in [-0.05, 0) is 49.8 Å². The topological polar surface area (TPSA) is 33.1 Å². The van der Waals surface area contributed by atoms with Gasteiger partial charge in [-0.1, -0.05) is 0 Å². The van der Waals surface area contributed by atoms with Crippen LogP contribution in [0.2, 0.25) is 0 Å². The van der Waals surface area contributed by atoms with Crippen molar-refractivity contribution in [1.82, 2.24) is 4.98 Å². The van der Waals surface area contributed by atoms with Crippen molar-refractivity contribution in [2.75, 3.05) is 0 Å². The maximum Gasteiger partial charge on any atom is 0.0776 e. The van der Waals surface area contributed by atoms with Crippen LogP contribution in [0.4, 0.5) is 0 Å². The summed E-state index contributed by atoms with van der Waals surface area (Å²) in [6, 6.07) is 2.10. The second kappa shape index (κ2) is 3.46. The van der Waals surface area contributed by atoms with Gasteiger partial charge >= 0.3 is 0 Å². The Kier molecular flexibility index (Phi) is 2.32. The third kappa shape index (κ3) is 1.73. The summed E-state index contributed by atoms with van der Waals surface area (Å²) in [5, 5.41) is 9.39. The lowest BCUT2D eigenvalue weighted by Gasteiger charge is -2.16. The van der Waals surface area contributed by atoms with Crippen LogP contribution < -0.4 is 0 Å². The number of rotatable bonds is 1. The number of nitrogens with zero attached hydrogens (tertiary/aromatic N) is 1. The van der Waals surface area contributed by atoms with E-state index in [9.17, 15) is 5.11 Å². The van der Waals surface area contributed by atoms with Crippen LogP contribution in [-0.2, 0) is 12.8 Å². The van der Waals surface area contributed by atoms with Gasteiger partial charge in [0.1, 0.15) is 0 Å². The number of hydrogen-bond acceptors (Lipinski definition) is 2. The van der Waals surface area contributed by atoms with E-state index in [1.54, 1.807) is 13.1 Å². The van der Waals surface area contributed by atoms with Gasteiger partial charge < -0.3 is 5.11 Å². The summed E-state index contributed by atoms with van der Waals surface area (Å²) >= 11 is 0. The Balaban J connectivity index is 2.35. The average Bonchev–Trinajstić information content (AvgIpc) is 2.17. The third-order valence-corrected chi connectivity index (χ3v) is 2.67. The molecule has 0 fully saturated rings. The predicted octanol–water partition coefficient (Wildman–Crippen LogP) is 2.01. The zero-order valence-corrected chi connectivity index (χ0v) is 7.95. The number of hydrogen-bond donors (Lipinski definition) is 1. The minimum absolute atomic E-state index is 0.389. The molecular weight excluding hydrogens is 162 g/mol. The molecule has 0 spiro atoms. The fourth-order valence-corrected chi connectivity index (χ4v) is 1.84. The Morgan fingerprint density at radius 3 is 2.92 bits per heavy atom. The first-order chi connectivity index (χ1) is 6.27. The van der Waals surface area contributed by atoms with Crippen molar-refractivity contribution < 1.29 is 5.11 Å². The standard InChI is InChI=1S/C11H15NO/c1-8(13)10-6-9-4-2-3-5-11(9)12-7-10/h6-8,13H,2-5H2,1H3. The van der Waals surface area contributed by atoms with Gasteiger partial charge in [-0.25, -0.2) is 0 Å². The molecule has 1 heterocycles. The average molecular weight is 177 g/mol. The minimum Gasteiger partial charge on any atom is -0.389 e. The maximum atomic E-state index is 9.39. The van der Waals surface area contributed by atoms with Crippen LogP contribution in [0.1, 0.15) is 42.7 Å². The molecule has 1 aliphatic rings. The van der Waals surface area contributed by atoms with E-state index in [-0.39, 0.29) is 6.10 Å². The lowest BCUT2D eigenvalue weighted by Crippen LogP contribution is -2.06. The molecule has 0 aliphatic heterocycles. The summed E-state index contributed by atoms with van der Waals surface area (Å²) in [6.45, 7) is 1.78. The predicted molar refractivity (Wildman–Crippen MR) is 51.5 cm³/mol. The van der Waals surface area contributed by atoms with Crippen LogP contribution in [-0.4, -0.2) is 10.1 Å². The molecule has 70 valence electrons. The van der Waals surface area contributed by atoms with Crippen molar-refractivity contribution in [3.63, 3.8) is 0 Å². The summed E-state index contributed by atoms with van der Waals surface area (Å²) in [6.07, 6.45) is 6.17. The van der Waals surface area contributed by atoms with E-state index in [2.05, 4.69) is 11.1 Å². The summed E-state index contributed by atoms with van der Waals surface area (Å²) in [4.78, 5) is 4.38. The Labute approximate surface area is 78.6 Å². The summed E-state index contributed by atoms with van der Waals surface area (Å²) in [7, 11) is 0. The van der Waals surface area contributed by atoms with Crippen LogP contribution in [0.3, 0.4) is 0 Å². The second-order valence-electron chi connectivity index (χ2n) is 3.76. The van der Waals surface area contributed by atoms with Gasteiger partial charge in [0.2, 0.25) is 0 Å². The van der Waals surface area contributed by atoms with Gasteiger partial charge in [-0.2, -0.15) is 0 Å². The lowest BCUT2D eigenvalue weighted by atomic mass is 9.94. The molecule has 0 bridgehead atoms. The van der Waals surface area contributed by atoms with Crippen molar-refractivity contribution in [3.8, 4) is 0 Å². The molecule has 0 saturated heterocycles. The number of fused-ring (bicyclic) bond motifs is 1. The molecule has 1 aromatic heterocycles. The van der Waals surface area contributed by atoms with Crippen LogP contribution in [0.15, 0.2) is 12.3 Å². The van der Waals surface area contributed by atoms with E-state index in [1.807, 2.05) is 0 Å². The Morgan fingerprint density at radius 1 is 1.38 bits per heavy atom. The third-order valence-electron chi connectivity index (χ3n) is 2.67. The van der Waals surface area contributed by atoms with E-state index < -0.39 is 0 Å². The quantitative estimate of drug-likeness (QED) is 0.711. The van der Waals surface area contributed by atoms with E-state index in [0.717, 1.165) is 18.4 Å². The summed E-state index contributed by atoms with van der Waals surface area (Å²) in [5.74, 6) is 0. The fraction of sp³-hybridized carbons (Fsp3) is 0.545. The molecule has 1 N–H and O–H groups in total. The van der Waals surface area contributed by atoms with Crippen LogP contribution in [0.25, 0.3) is 0 Å². The molecule has 2 heteroatoms. The first-order valence-corrected chi connectivity index (χ1v) is 4.93. The van der Waals surface area contributed by atoms with Crippen LogP contribution in [0, 0.1) is 0 Å². The highest BCUT2D eigenvalue weighted by atomic mass is 16.3. The largest absolute Gasteiger partial charge is 0.389 e. The lowest BCUT2D eigenvalue weighted by molar-refractivity contribution is 0.198. The highest BCUT2D eigenvalue weighted by Crippen LogP contribution is 2.22. The monoisotopic (exact) mass is 177 g/mol. The smallest absolute Gasteiger partial charge is 0.0776 e. The first kappa shape index (κ1) is 8.70. The van der Waals surface area contributed by atoms with Crippen LogP contribution in [0.5, 0.6) is 0 Å². The molecule has 0 aromatic carbocycles. The van der Waals surface area contributed by atoms with Crippen molar-refractivity contribution in [3.05, 3.63) is 29.1 Å². The van der Waals surface area contributed by atoms with Crippen molar-refractivity contribution in [2.24, 2.45) is 0 Å². The van der Waals surface area contributed by atoms with E-state index in [1.165, 1.54) is 24.1 Å². The minimum atomic E-state index is -0.389. The Morgan fingerprint density at radius 2 is 2.15 bits per heavy atom. The molecule has 0 saturated carbocycles. The maximum absolute atomic E-state index is 9.39. The zero-order valence-electron chi connectivity index (χ0n) is 7.95. The molecule has 2 rings (SSSR count). The van der Waals surface area contributed by atoms with E-state index in [0.29, 0.717) is 0 Å². The highest BCUT2D eigenvalue weighted by molar-refractivity contribution is 5.28. The van der Waals surface area contributed by atoms with Crippen molar-refractivity contribution >= 4 is 0 Å². The molecule has 0 amide bonds.